The van der Waals surface area contributed by atoms with Crippen molar-refractivity contribution in [1.82, 2.24) is 5.48 Å². The van der Waals surface area contributed by atoms with Crippen LogP contribution in [-0.4, -0.2) is 18.0 Å². The van der Waals surface area contributed by atoms with Crippen molar-refractivity contribution in [3.05, 3.63) is 35.9 Å². The molecule has 82 valence electrons. The topological polar surface area (TPSA) is 75.6 Å². The number of hydroxylamine groups is 1. The smallest absolute Gasteiger partial charge is 0.262 e. The van der Waals surface area contributed by atoms with Crippen molar-refractivity contribution >= 4 is 27.6 Å². The molecule has 0 aliphatic rings. The van der Waals surface area contributed by atoms with E-state index in [2.05, 4.69) is 4.28 Å². The van der Waals surface area contributed by atoms with Crippen molar-refractivity contribution in [2.45, 2.75) is 6.42 Å². The predicted octanol–water partition coefficient (Wildman–Crippen LogP) is 0.881. The Kier molecular flexibility index (Phi) is 4.15. The molecule has 0 aromatic heterocycles. The van der Waals surface area contributed by atoms with Gasteiger partial charge in [-0.2, -0.15) is 8.42 Å². The van der Waals surface area contributed by atoms with E-state index in [1.807, 2.05) is 35.8 Å². The molecule has 1 aromatic rings. The zero-order valence-electron chi connectivity index (χ0n) is 7.58. The number of hydrogen-bond donors (Lipinski definition) is 2. The summed E-state index contributed by atoms with van der Waals surface area (Å²) in [6.07, 6.45) is 0.339. The van der Waals surface area contributed by atoms with Crippen LogP contribution in [0.15, 0.2) is 30.3 Å². The minimum atomic E-state index is -4.51. The Morgan fingerprint density at radius 3 is 2.53 bits per heavy atom. The average molecular weight is 247 g/mol. The quantitative estimate of drug-likeness (QED) is 0.467. The normalized spacial score (nSPS) is 11.0. The molecular formula is C8H9NO4S2. The van der Waals surface area contributed by atoms with Crippen LogP contribution in [0.1, 0.15) is 5.56 Å². The molecule has 0 saturated carbocycles. The number of nitrogens with one attached hydrogen (secondary N) is 1. The van der Waals surface area contributed by atoms with Crippen LogP contribution in [0.25, 0.3) is 0 Å². The molecule has 0 bridgehead atoms. The van der Waals surface area contributed by atoms with Gasteiger partial charge in [0.2, 0.25) is 0 Å². The van der Waals surface area contributed by atoms with E-state index in [9.17, 15) is 8.42 Å². The first kappa shape index (κ1) is 12.1. The Morgan fingerprint density at radius 2 is 2.00 bits per heavy atom. The summed E-state index contributed by atoms with van der Waals surface area (Å²) in [6.45, 7) is 0. The Labute approximate surface area is 93.0 Å². The highest BCUT2D eigenvalue weighted by Crippen LogP contribution is 2.00. The van der Waals surface area contributed by atoms with Crippen molar-refractivity contribution in [2.24, 2.45) is 0 Å². The van der Waals surface area contributed by atoms with E-state index in [0.717, 1.165) is 5.56 Å². The maximum atomic E-state index is 10.2. The second-order valence-corrected chi connectivity index (χ2v) is 4.21. The van der Waals surface area contributed by atoms with Crippen LogP contribution >= 0.6 is 12.2 Å². The van der Waals surface area contributed by atoms with Gasteiger partial charge in [-0.05, 0) is 5.56 Å². The lowest BCUT2D eigenvalue weighted by molar-refractivity contribution is 0.227. The minimum absolute atomic E-state index is 0.166. The van der Waals surface area contributed by atoms with E-state index in [0.29, 0.717) is 6.42 Å². The Bertz CT molecular complexity index is 429. The molecule has 0 saturated heterocycles. The van der Waals surface area contributed by atoms with Gasteiger partial charge in [0.1, 0.15) is 4.99 Å². The molecule has 0 heterocycles. The standard InChI is InChI=1S/C8H9NO4S2/c10-15(11,12)13-9-8(14)6-7-4-2-1-3-5-7/h1-5H,6H2,(H,9,14)(H,10,11,12). The predicted molar refractivity (Wildman–Crippen MR) is 58.5 cm³/mol. The summed E-state index contributed by atoms with van der Waals surface area (Å²) >= 11 is 4.79. The van der Waals surface area contributed by atoms with Crippen LogP contribution in [0.2, 0.25) is 0 Å². The molecule has 0 fully saturated rings. The molecule has 7 heteroatoms. The van der Waals surface area contributed by atoms with Gasteiger partial charge < -0.3 is 0 Å². The molecule has 0 unspecified atom stereocenters. The molecule has 2 N–H and O–H groups in total. The number of hydrogen-bond acceptors (Lipinski definition) is 4. The number of benzene rings is 1. The van der Waals surface area contributed by atoms with E-state index in [4.69, 9.17) is 16.8 Å². The molecule has 0 aliphatic carbocycles. The van der Waals surface area contributed by atoms with E-state index in [-0.39, 0.29) is 4.99 Å². The lowest BCUT2D eigenvalue weighted by atomic mass is 10.2. The molecule has 0 aliphatic heterocycles. The van der Waals surface area contributed by atoms with Crippen LogP contribution in [0.5, 0.6) is 0 Å². The Hall–Kier alpha value is -1.02. The second-order valence-electron chi connectivity index (χ2n) is 2.70. The van der Waals surface area contributed by atoms with Gasteiger partial charge in [0.15, 0.2) is 0 Å². The van der Waals surface area contributed by atoms with E-state index in [1.165, 1.54) is 0 Å². The zero-order chi connectivity index (χ0) is 11.3. The highest BCUT2D eigenvalue weighted by Gasteiger charge is 2.06. The average Bonchev–Trinajstić information content (AvgIpc) is 2.15. The van der Waals surface area contributed by atoms with Crippen LogP contribution in [-0.2, 0) is 21.1 Å². The molecule has 0 spiro atoms. The maximum Gasteiger partial charge on any atom is 0.418 e. The zero-order valence-corrected chi connectivity index (χ0v) is 9.22. The summed E-state index contributed by atoms with van der Waals surface area (Å²) < 4.78 is 32.6. The summed E-state index contributed by atoms with van der Waals surface area (Å²) in [5.41, 5.74) is 2.88. The highest BCUT2D eigenvalue weighted by molar-refractivity contribution is 7.81. The van der Waals surface area contributed by atoms with Crippen molar-refractivity contribution in [2.75, 3.05) is 0 Å². The van der Waals surface area contributed by atoms with Gasteiger partial charge >= 0.3 is 10.4 Å². The SMILES string of the molecule is O=S(=O)(O)ONC(=S)Cc1ccccc1. The van der Waals surface area contributed by atoms with Gasteiger partial charge in [-0.1, -0.05) is 42.5 Å². The Balaban J connectivity index is 2.44. The first-order valence-corrected chi connectivity index (χ1v) is 5.73. The van der Waals surface area contributed by atoms with E-state index < -0.39 is 10.4 Å². The summed E-state index contributed by atoms with van der Waals surface area (Å²) in [7, 11) is -4.51. The number of rotatable bonds is 4. The Morgan fingerprint density at radius 1 is 1.40 bits per heavy atom. The fourth-order valence-electron chi connectivity index (χ4n) is 0.916. The lowest BCUT2D eigenvalue weighted by Crippen LogP contribution is -2.26. The fraction of sp³-hybridized carbons (Fsp3) is 0.125. The molecule has 0 radical (unpaired) electrons. The van der Waals surface area contributed by atoms with Crippen LogP contribution < -0.4 is 5.48 Å². The third kappa shape index (κ3) is 5.43. The molecular weight excluding hydrogens is 238 g/mol. The molecule has 5 nitrogen and oxygen atoms in total. The van der Waals surface area contributed by atoms with Crippen LogP contribution in [0, 0.1) is 0 Å². The monoisotopic (exact) mass is 247 g/mol. The summed E-state index contributed by atoms with van der Waals surface area (Å²) in [6, 6.07) is 9.20. The third-order valence-corrected chi connectivity index (χ3v) is 1.99. The molecule has 1 rings (SSSR count). The van der Waals surface area contributed by atoms with Crippen molar-refractivity contribution in [3.63, 3.8) is 0 Å². The van der Waals surface area contributed by atoms with Gasteiger partial charge in [0.05, 0.1) is 0 Å². The van der Waals surface area contributed by atoms with Gasteiger partial charge in [0, 0.05) is 6.42 Å². The van der Waals surface area contributed by atoms with Crippen LogP contribution in [0.4, 0.5) is 0 Å². The maximum absolute atomic E-state index is 10.2. The molecule has 0 amide bonds. The fourth-order valence-corrected chi connectivity index (χ4v) is 1.38. The highest BCUT2D eigenvalue weighted by atomic mass is 32.3. The van der Waals surface area contributed by atoms with E-state index >= 15 is 0 Å². The minimum Gasteiger partial charge on any atom is -0.262 e. The van der Waals surface area contributed by atoms with Gasteiger partial charge in [0.25, 0.3) is 0 Å². The van der Waals surface area contributed by atoms with Gasteiger partial charge in [-0.3, -0.25) is 4.55 Å². The van der Waals surface area contributed by atoms with Gasteiger partial charge in [-0.15, -0.1) is 4.28 Å². The van der Waals surface area contributed by atoms with Gasteiger partial charge in [-0.25, -0.2) is 5.48 Å². The largest absolute Gasteiger partial charge is 0.418 e. The lowest BCUT2D eigenvalue weighted by Gasteiger charge is -2.04. The summed E-state index contributed by atoms with van der Waals surface area (Å²) in [5, 5.41) is 0. The van der Waals surface area contributed by atoms with Crippen molar-refractivity contribution in [3.8, 4) is 0 Å². The molecule has 0 atom stereocenters. The first-order valence-electron chi connectivity index (χ1n) is 3.96. The molecule has 15 heavy (non-hydrogen) atoms. The third-order valence-electron chi connectivity index (χ3n) is 1.47. The second kappa shape index (κ2) is 5.17. The van der Waals surface area contributed by atoms with E-state index in [1.54, 1.807) is 0 Å². The summed E-state index contributed by atoms with van der Waals surface area (Å²) in [5.74, 6) is 0. The number of thiocarbonyl (C=S) groups is 1. The van der Waals surface area contributed by atoms with Crippen molar-refractivity contribution < 1.29 is 17.3 Å². The molecule has 1 aromatic carbocycles. The first-order chi connectivity index (χ1) is 6.97. The van der Waals surface area contributed by atoms with Crippen molar-refractivity contribution in [1.29, 1.82) is 0 Å². The van der Waals surface area contributed by atoms with Crippen LogP contribution in [0.3, 0.4) is 0 Å². The summed E-state index contributed by atoms with van der Waals surface area (Å²) in [4.78, 5) is 0.166.